The summed E-state index contributed by atoms with van der Waals surface area (Å²) in [5.41, 5.74) is 4.22. The predicted octanol–water partition coefficient (Wildman–Crippen LogP) is 5.27. The second-order valence-corrected chi connectivity index (χ2v) is 8.09. The lowest BCUT2D eigenvalue weighted by Gasteiger charge is -2.28. The Bertz CT molecular complexity index is 423. The molecule has 1 nitrogen and oxygen atoms in total. The molecule has 1 aromatic carbocycles. The van der Waals surface area contributed by atoms with Gasteiger partial charge < -0.3 is 5.32 Å². The van der Waals surface area contributed by atoms with Crippen molar-refractivity contribution in [1.29, 1.82) is 0 Å². The topological polar surface area (TPSA) is 12.0 Å². The summed E-state index contributed by atoms with van der Waals surface area (Å²) in [6.45, 7) is 10.1. The van der Waals surface area contributed by atoms with Crippen LogP contribution in [0.4, 0.5) is 0 Å². The zero-order valence-corrected chi connectivity index (χ0v) is 14.9. The van der Waals surface area contributed by atoms with Crippen LogP contribution in [0.15, 0.2) is 18.2 Å². The fourth-order valence-electron chi connectivity index (χ4n) is 3.49. The van der Waals surface area contributed by atoms with Gasteiger partial charge in [-0.3, -0.25) is 0 Å². The molecule has 0 amide bonds. The molecule has 0 bridgehead atoms. The van der Waals surface area contributed by atoms with E-state index in [1.54, 1.807) is 0 Å². The van der Waals surface area contributed by atoms with Crippen molar-refractivity contribution in [2.75, 3.05) is 12.3 Å². The zero-order chi connectivity index (χ0) is 15.2. The Morgan fingerprint density at radius 3 is 2.52 bits per heavy atom. The number of rotatable bonds is 6. The van der Waals surface area contributed by atoms with Gasteiger partial charge in [-0.2, -0.15) is 11.8 Å². The van der Waals surface area contributed by atoms with Crippen LogP contribution in [0.3, 0.4) is 0 Å². The maximum absolute atomic E-state index is 3.68. The number of aryl methyl sites for hydroxylation is 2. The van der Waals surface area contributed by atoms with Gasteiger partial charge in [0.25, 0.3) is 0 Å². The molecule has 2 heteroatoms. The van der Waals surface area contributed by atoms with E-state index < -0.39 is 0 Å². The van der Waals surface area contributed by atoms with Gasteiger partial charge in [0.1, 0.15) is 0 Å². The lowest BCUT2D eigenvalue weighted by atomic mass is 9.91. The van der Waals surface area contributed by atoms with Crippen molar-refractivity contribution < 1.29 is 0 Å². The third-order valence-electron chi connectivity index (χ3n) is 4.48. The maximum atomic E-state index is 3.68. The summed E-state index contributed by atoms with van der Waals surface area (Å²) in [5.74, 6) is 2.13. The molecular weight excluding hydrogens is 274 g/mol. The van der Waals surface area contributed by atoms with E-state index in [0.29, 0.717) is 6.04 Å². The molecule has 21 heavy (non-hydrogen) atoms. The van der Waals surface area contributed by atoms with Crippen LogP contribution in [0.25, 0.3) is 0 Å². The average Bonchev–Trinajstić information content (AvgIpc) is 2.42. The highest BCUT2D eigenvalue weighted by atomic mass is 32.2. The Morgan fingerprint density at radius 2 is 1.90 bits per heavy atom. The van der Waals surface area contributed by atoms with Gasteiger partial charge in [-0.25, -0.2) is 0 Å². The summed E-state index contributed by atoms with van der Waals surface area (Å²) in [6, 6.07) is 7.47. The van der Waals surface area contributed by atoms with Crippen LogP contribution in [0, 0.1) is 19.8 Å². The lowest BCUT2D eigenvalue weighted by Crippen LogP contribution is -2.25. The van der Waals surface area contributed by atoms with Gasteiger partial charge in [-0.15, -0.1) is 0 Å². The molecule has 0 heterocycles. The molecule has 3 atom stereocenters. The molecule has 1 aliphatic carbocycles. The summed E-state index contributed by atoms with van der Waals surface area (Å²) < 4.78 is 0. The van der Waals surface area contributed by atoms with E-state index in [-0.39, 0.29) is 0 Å². The van der Waals surface area contributed by atoms with Crippen molar-refractivity contribution >= 4 is 11.8 Å². The Hall–Kier alpha value is -0.470. The summed E-state index contributed by atoms with van der Waals surface area (Å²) in [4.78, 5) is 0. The molecule has 1 saturated carbocycles. The summed E-state index contributed by atoms with van der Waals surface area (Å²) >= 11 is 2.19. The van der Waals surface area contributed by atoms with Crippen molar-refractivity contribution in [3.63, 3.8) is 0 Å². The highest BCUT2D eigenvalue weighted by Crippen LogP contribution is 2.34. The number of thioether (sulfide) groups is 1. The van der Waals surface area contributed by atoms with Gasteiger partial charge in [0, 0.05) is 17.0 Å². The maximum Gasteiger partial charge on any atom is 0.0412 e. The molecule has 2 rings (SSSR count). The third-order valence-corrected chi connectivity index (χ3v) is 5.91. The Balaban J connectivity index is 1.98. The fraction of sp³-hybridized carbons (Fsp3) is 0.684. The minimum absolute atomic E-state index is 0.496. The van der Waals surface area contributed by atoms with Crippen molar-refractivity contribution in [2.24, 2.45) is 5.92 Å². The molecule has 1 aliphatic rings. The predicted molar refractivity (Wildman–Crippen MR) is 96.2 cm³/mol. The van der Waals surface area contributed by atoms with Crippen LogP contribution >= 0.6 is 11.8 Å². The molecule has 0 aliphatic heterocycles. The molecular formula is C19H31NS. The normalized spacial score (nSPS) is 24.0. The van der Waals surface area contributed by atoms with Crippen molar-refractivity contribution in [3.05, 3.63) is 34.9 Å². The van der Waals surface area contributed by atoms with E-state index in [1.165, 1.54) is 48.1 Å². The third kappa shape index (κ3) is 5.34. The summed E-state index contributed by atoms with van der Waals surface area (Å²) in [7, 11) is 0. The Kier molecular flexibility index (Phi) is 6.63. The molecule has 0 aromatic heterocycles. The first-order valence-electron chi connectivity index (χ1n) is 8.51. The Labute approximate surface area is 135 Å². The summed E-state index contributed by atoms with van der Waals surface area (Å²) in [5, 5.41) is 4.56. The van der Waals surface area contributed by atoms with Gasteiger partial charge in [0.2, 0.25) is 0 Å². The molecule has 3 unspecified atom stereocenters. The standard InChI is InChI=1S/C19H31NS/c1-5-20-19(17-10-15(3)9-16(4)11-17)13-21-18-8-6-7-14(2)12-18/h9-11,14,18-20H,5-8,12-13H2,1-4H3. The molecule has 1 aromatic rings. The first-order chi connectivity index (χ1) is 10.1. The van der Waals surface area contributed by atoms with E-state index in [4.69, 9.17) is 0 Å². The van der Waals surface area contributed by atoms with E-state index in [0.717, 1.165) is 17.7 Å². The fourth-order valence-corrected chi connectivity index (χ4v) is 5.07. The van der Waals surface area contributed by atoms with Crippen LogP contribution in [0.2, 0.25) is 0 Å². The van der Waals surface area contributed by atoms with Crippen LogP contribution in [0.5, 0.6) is 0 Å². The van der Waals surface area contributed by atoms with Gasteiger partial charge in [0.05, 0.1) is 0 Å². The van der Waals surface area contributed by atoms with Crippen LogP contribution < -0.4 is 5.32 Å². The average molecular weight is 306 g/mol. The van der Waals surface area contributed by atoms with Crippen molar-refractivity contribution in [1.82, 2.24) is 5.32 Å². The van der Waals surface area contributed by atoms with Crippen LogP contribution in [0.1, 0.15) is 62.3 Å². The van der Waals surface area contributed by atoms with E-state index in [2.05, 4.69) is 63.0 Å². The van der Waals surface area contributed by atoms with Gasteiger partial charge in [-0.1, -0.05) is 56.0 Å². The lowest BCUT2D eigenvalue weighted by molar-refractivity contribution is 0.394. The molecule has 1 fully saturated rings. The second kappa shape index (κ2) is 8.24. The first-order valence-corrected chi connectivity index (χ1v) is 9.56. The minimum atomic E-state index is 0.496. The quantitative estimate of drug-likeness (QED) is 0.768. The van der Waals surface area contributed by atoms with Gasteiger partial charge >= 0.3 is 0 Å². The minimum Gasteiger partial charge on any atom is -0.310 e. The van der Waals surface area contributed by atoms with E-state index >= 15 is 0 Å². The highest BCUT2D eigenvalue weighted by molar-refractivity contribution is 7.99. The SMILES string of the molecule is CCNC(CSC1CCCC(C)C1)c1cc(C)cc(C)c1. The van der Waals surface area contributed by atoms with Crippen molar-refractivity contribution in [3.8, 4) is 0 Å². The Morgan fingerprint density at radius 1 is 1.19 bits per heavy atom. The molecule has 118 valence electrons. The molecule has 1 N–H and O–H groups in total. The number of nitrogens with one attached hydrogen (secondary N) is 1. The van der Waals surface area contributed by atoms with Gasteiger partial charge in [0.15, 0.2) is 0 Å². The first kappa shape index (κ1) is 16.9. The van der Waals surface area contributed by atoms with E-state index in [1.807, 2.05) is 0 Å². The largest absolute Gasteiger partial charge is 0.310 e. The van der Waals surface area contributed by atoms with Gasteiger partial charge in [-0.05, 0) is 44.7 Å². The van der Waals surface area contributed by atoms with Crippen LogP contribution in [-0.4, -0.2) is 17.5 Å². The van der Waals surface area contributed by atoms with Crippen LogP contribution in [-0.2, 0) is 0 Å². The number of hydrogen-bond acceptors (Lipinski definition) is 2. The molecule has 0 saturated heterocycles. The molecule has 0 spiro atoms. The van der Waals surface area contributed by atoms with Crippen molar-refractivity contribution in [2.45, 2.75) is 64.7 Å². The zero-order valence-electron chi connectivity index (χ0n) is 14.1. The number of hydrogen-bond donors (Lipinski definition) is 1. The number of benzene rings is 1. The highest BCUT2D eigenvalue weighted by Gasteiger charge is 2.21. The summed E-state index contributed by atoms with van der Waals surface area (Å²) in [6.07, 6.45) is 5.69. The van der Waals surface area contributed by atoms with E-state index in [9.17, 15) is 0 Å². The molecule has 0 radical (unpaired) electrons. The monoisotopic (exact) mass is 305 g/mol. The smallest absolute Gasteiger partial charge is 0.0412 e. The second-order valence-electron chi connectivity index (χ2n) is 6.76.